The first-order valence-corrected chi connectivity index (χ1v) is 11.8. The average Bonchev–Trinajstić information content (AvgIpc) is 3.44. The average molecular weight is 460 g/mol. The predicted molar refractivity (Wildman–Crippen MR) is 131 cm³/mol. The molecule has 1 amide bonds. The fraction of sp³-hybridized carbons (Fsp3) is 0.400. The monoisotopic (exact) mass is 459 g/mol. The molecule has 176 valence electrons. The second-order valence-electron chi connectivity index (χ2n) is 8.71. The highest BCUT2D eigenvalue weighted by Crippen LogP contribution is 2.29. The second kappa shape index (κ2) is 10.0. The Morgan fingerprint density at radius 2 is 1.79 bits per heavy atom. The van der Waals surface area contributed by atoms with Crippen molar-refractivity contribution in [1.82, 2.24) is 20.2 Å². The van der Waals surface area contributed by atoms with Crippen LogP contribution in [0.1, 0.15) is 25.7 Å². The Balaban J connectivity index is 1.24. The Kier molecular flexibility index (Phi) is 6.51. The Morgan fingerprint density at radius 3 is 2.59 bits per heavy atom. The van der Waals surface area contributed by atoms with Crippen molar-refractivity contribution in [2.24, 2.45) is 5.92 Å². The lowest BCUT2D eigenvalue weighted by Crippen LogP contribution is -2.41. The molecule has 1 N–H and O–H groups in total. The number of amides is 1. The molecule has 2 fully saturated rings. The van der Waals surface area contributed by atoms with E-state index in [9.17, 15) is 4.79 Å². The minimum atomic E-state index is -0.144. The molecule has 4 heterocycles. The maximum Gasteiger partial charge on any atom is 0.230 e. The molecule has 0 saturated carbocycles. The number of benzene rings is 1. The highest BCUT2D eigenvalue weighted by Gasteiger charge is 2.27. The number of nitrogens with zero attached hydrogens (tertiary/aromatic N) is 6. The molecule has 0 bridgehead atoms. The number of hydrogen-bond acceptors (Lipinski definition) is 8. The van der Waals surface area contributed by atoms with Crippen molar-refractivity contribution >= 4 is 23.4 Å². The van der Waals surface area contributed by atoms with Gasteiger partial charge in [-0.3, -0.25) is 4.79 Å². The number of methoxy groups -OCH3 is 1. The van der Waals surface area contributed by atoms with Crippen LogP contribution in [0.5, 0.6) is 5.75 Å². The third-order valence-electron chi connectivity index (χ3n) is 6.48. The molecule has 2 aliphatic rings. The molecule has 34 heavy (non-hydrogen) atoms. The third-order valence-corrected chi connectivity index (χ3v) is 6.48. The van der Waals surface area contributed by atoms with E-state index in [2.05, 4.69) is 35.3 Å². The lowest BCUT2D eigenvalue weighted by Gasteiger charge is -2.32. The van der Waals surface area contributed by atoms with E-state index in [0.29, 0.717) is 12.4 Å². The molecule has 9 heteroatoms. The van der Waals surface area contributed by atoms with E-state index in [1.165, 1.54) is 19.2 Å². The fourth-order valence-electron chi connectivity index (χ4n) is 4.66. The van der Waals surface area contributed by atoms with Crippen molar-refractivity contribution in [2.75, 3.05) is 48.4 Å². The molecule has 0 spiro atoms. The van der Waals surface area contributed by atoms with Gasteiger partial charge in [0.2, 0.25) is 5.91 Å². The molecule has 2 aromatic heterocycles. The molecular weight excluding hydrogens is 430 g/mol. The molecule has 1 atom stereocenters. The molecule has 5 rings (SSSR count). The van der Waals surface area contributed by atoms with E-state index in [0.717, 1.165) is 61.1 Å². The van der Waals surface area contributed by atoms with Gasteiger partial charge in [-0.2, -0.15) is 0 Å². The minimum absolute atomic E-state index is 0.0191. The Morgan fingerprint density at radius 1 is 0.971 bits per heavy atom. The quantitative estimate of drug-likeness (QED) is 0.599. The van der Waals surface area contributed by atoms with Crippen molar-refractivity contribution in [3.8, 4) is 17.0 Å². The standard InChI is InChI=1S/C25H29N7O2/c1-34-21-9-3-2-8-19(21)20-10-11-23(30-29-20)32-14-6-7-18(16-32)25(33)28-22-15-24(27-17-26-22)31-12-4-5-13-31/h2-3,8-11,15,17-18H,4-7,12-14,16H2,1H3,(H,26,27,28,33). The van der Waals surface area contributed by atoms with E-state index >= 15 is 0 Å². The zero-order valence-corrected chi connectivity index (χ0v) is 19.4. The van der Waals surface area contributed by atoms with Gasteiger partial charge in [-0.25, -0.2) is 9.97 Å². The maximum atomic E-state index is 13.0. The largest absolute Gasteiger partial charge is 0.496 e. The Hall–Kier alpha value is -3.75. The van der Waals surface area contributed by atoms with Gasteiger partial charge in [0.05, 0.1) is 18.7 Å². The molecule has 3 aromatic rings. The van der Waals surface area contributed by atoms with Gasteiger partial charge in [0.25, 0.3) is 0 Å². The second-order valence-corrected chi connectivity index (χ2v) is 8.71. The number of rotatable bonds is 6. The summed E-state index contributed by atoms with van der Waals surface area (Å²) in [5.41, 5.74) is 1.66. The molecule has 1 unspecified atom stereocenters. The summed E-state index contributed by atoms with van der Waals surface area (Å²) in [7, 11) is 1.65. The normalized spacial score (nSPS) is 18.1. The molecule has 0 aliphatic carbocycles. The summed E-state index contributed by atoms with van der Waals surface area (Å²) in [4.78, 5) is 26.0. The molecule has 2 saturated heterocycles. The van der Waals surface area contributed by atoms with E-state index in [4.69, 9.17) is 4.74 Å². The topological polar surface area (TPSA) is 96.4 Å². The lowest BCUT2D eigenvalue weighted by atomic mass is 9.97. The summed E-state index contributed by atoms with van der Waals surface area (Å²) in [6.45, 7) is 3.44. The molecule has 0 radical (unpaired) electrons. The Bertz CT molecular complexity index is 1130. The smallest absolute Gasteiger partial charge is 0.230 e. The first-order chi connectivity index (χ1) is 16.7. The number of nitrogens with one attached hydrogen (secondary N) is 1. The SMILES string of the molecule is COc1ccccc1-c1ccc(N2CCCC(C(=O)Nc3cc(N4CCCC4)ncn3)C2)nn1. The van der Waals surface area contributed by atoms with E-state index in [-0.39, 0.29) is 11.8 Å². The van der Waals surface area contributed by atoms with Crippen LogP contribution in [0.3, 0.4) is 0 Å². The van der Waals surface area contributed by atoms with Crippen molar-refractivity contribution in [1.29, 1.82) is 0 Å². The fourth-order valence-corrected chi connectivity index (χ4v) is 4.66. The number of carbonyl (C=O) groups excluding carboxylic acids is 1. The van der Waals surface area contributed by atoms with Crippen molar-refractivity contribution in [2.45, 2.75) is 25.7 Å². The zero-order chi connectivity index (χ0) is 23.3. The van der Waals surface area contributed by atoms with Gasteiger partial charge in [0.1, 0.15) is 23.7 Å². The van der Waals surface area contributed by atoms with Crippen molar-refractivity contribution in [3.05, 3.63) is 48.8 Å². The number of piperidine rings is 1. The number of anilines is 3. The van der Waals surface area contributed by atoms with E-state index in [1.54, 1.807) is 7.11 Å². The third kappa shape index (κ3) is 4.78. The van der Waals surface area contributed by atoms with Crippen LogP contribution in [0.4, 0.5) is 17.5 Å². The summed E-state index contributed by atoms with van der Waals surface area (Å²) in [5, 5.41) is 11.9. The van der Waals surface area contributed by atoms with Gasteiger partial charge in [0, 0.05) is 37.8 Å². The molecular formula is C25H29N7O2. The van der Waals surface area contributed by atoms with Gasteiger partial charge < -0.3 is 19.9 Å². The molecule has 9 nitrogen and oxygen atoms in total. The first kappa shape index (κ1) is 22.1. The maximum absolute atomic E-state index is 13.0. The van der Waals surface area contributed by atoms with Crippen LogP contribution in [0, 0.1) is 5.92 Å². The first-order valence-electron chi connectivity index (χ1n) is 11.8. The van der Waals surface area contributed by atoms with E-state index < -0.39 is 0 Å². The van der Waals surface area contributed by atoms with Gasteiger partial charge >= 0.3 is 0 Å². The number of hydrogen-bond donors (Lipinski definition) is 1. The van der Waals surface area contributed by atoms with Gasteiger partial charge in [-0.15, -0.1) is 10.2 Å². The Labute approximate surface area is 199 Å². The predicted octanol–water partition coefficient (Wildman–Crippen LogP) is 3.40. The van der Waals surface area contributed by atoms with Crippen molar-refractivity contribution < 1.29 is 9.53 Å². The number of para-hydroxylation sites is 1. The van der Waals surface area contributed by atoms with Crippen LogP contribution in [0.15, 0.2) is 48.8 Å². The van der Waals surface area contributed by atoms with Crippen LogP contribution in [0.25, 0.3) is 11.3 Å². The van der Waals surface area contributed by atoms with Gasteiger partial charge in [-0.05, 0) is 49.9 Å². The van der Waals surface area contributed by atoms with Crippen LogP contribution in [0.2, 0.25) is 0 Å². The van der Waals surface area contributed by atoms with Crippen LogP contribution in [-0.2, 0) is 4.79 Å². The summed E-state index contributed by atoms with van der Waals surface area (Å²) < 4.78 is 5.44. The van der Waals surface area contributed by atoms with Crippen LogP contribution >= 0.6 is 0 Å². The van der Waals surface area contributed by atoms with Crippen molar-refractivity contribution in [3.63, 3.8) is 0 Å². The van der Waals surface area contributed by atoms with Crippen LogP contribution < -0.4 is 19.9 Å². The van der Waals surface area contributed by atoms with Crippen LogP contribution in [-0.4, -0.2) is 59.4 Å². The molecule has 1 aromatic carbocycles. The van der Waals surface area contributed by atoms with Gasteiger partial charge in [0.15, 0.2) is 5.82 Å². The molecule has 2 aliphatic heterocycles. The number of aromatic nitrogens is 4. The lowest BCUT2D eigenvalue weighted by molar-refractivity contribution is -0.120. The van der Waals surface area contributed by atoms with E-state index in [1.807, 2.05) is 42.5 Å². The minimum Gasteiger partial charge on any atom is -0.496 e. The highest BCUT2D eigenvalue weighted by molar-refractivity contribution is 5.92. The summed E-state index contributed by atoms with van der Waals surface area (Å²) >= 11 is 0. The zero-order valence-electron chi connectivity index (χ0n) is 19.4. The summed E-state index contributed by atoms with van der Waals surface area (Å²) in [6, 6.07) is 13.5. The summed E-state index contributed by atoms with van der Waals surface area (Å²) in [6.07, 6.45) is 5.62. The highest BCUT2D eigenvalue weighted by atomic mass is 16.5. The number of ether oxygens (including phenoxy) is 1. The summed E-state index contributed by atoms with van der Waals surface area (Å²) in [5.74, 6) is 2.80. The van der Waals surface area contributed by atoms with Gasteiger partial charge in [-0.1, -0.05) is 12.1 Å². The number of carbonyl (C=O) groups is 1.